The summed E-state index contributed by atoms with van der Waals surface area (Å²) in [5.74, 6) is 0.782. The first-order chi connectivity index (χ1) is 12.1. The average Bonchev–Trinajstić information content (AvgIpc) is 2.92. The molecule has 130 valence electrons. The number of aromatic nitrogens is 2. The number of nitrogens with one attached hydrogen (secondary N) is 1. The molecule has 0 saturated carbocycles. The fourth-order valence-electron chi connectivity index (χ4n) is 2.83. The summed E-state index contributed by atoms with van der Waals surface area (Å²) in [6, 6.07) is 15.1. The summed E-state index contributed by atoms with van der Waals surface area (Å²) < 4.78 is 13.4. The van der Waals surface area contributed by atoms with Gasteiger partial charge in [-0.05, 0) is 36.2 Å². The molecule has 3 aromatic rings. The van der Waals surface area contributed by atoms with Crippen LogP contribution in [0.5, 0.6) is 0 Å². The van der Waals surface area contributed by atoms with E-state index in [1.165, 1.54) is 0 Å². The van der Waals surface area contributed by atoms with Crippen LogP contribution in [0.25, 0.3) is 11.0 Å². The van der Waals surface area contributed by atoms with E-state index < -0.39 is 10.8 Å². The number of carbonyl (C=O) groups excluding carboxylic acids is 1. The summed E-state index contributed by atoms with van der Waals surface area (Å²) in [5, 5.41) is 2.92. The van der Waals surface area contributed by atoms with Crippen LogP contribution in [0.15, 0.2) is 48.5 Å². The van der Waals surface area contributed by atoms with E-state index in [-0.39, 0.29) is 5.91 Å². The van der Waals surface area contributed by atoms with Crippen LogP contribution < -0.4 is 5.32 Å². The van der Waals surface area contributed by atoms with Gasteiger partial charge in [-0.3, -0.25) is 14.3 Å². The van der Waals surface area contributed by atoms with Crippen molar-refractivity contribution in [2.45, 2.75) is 25.6 Å². The highest BCUT2D eigenvalue weighted by atomic mass is 32.2. The standard InChI is InChI=1S/C19H21N3O2S/c1-3-11-22-17-10-5-4-9-16(17)20-19(22)21-18(23)15-8-6-7-14(12-15)13-25(2)24/h4-10,12H,3,11,13H2,1-2H3,(H,20,21,23). The quantitative estimate of drug-likeness (QED) is 0.735. The number of amides is 1. The minimum Gasteiger partial charge on any atom is -0.310 e. The maximum Gasteiger partial charge on any atom is 0.257 e. The molecule has 1 heterocycles. The molecule has 1 aromatic heterocycles. The molecule has 0 aliphatic heterocycles. The van der Waals surface area contributed by atoms with Crippen LogP contribution in [0, 0.1) is 0 Å². The minimum atomic E-state index is -0.941. The summed E-state index contributed by atoms with van der Waals surface area (Å²) in [5.41, 5.74) is 3.30. The molecule has 0 saturated heterocycles. The Labute approximate surface area is 149 Å². The van der Waals surface area contributed by atoms with Crippen molar-refractivity contribution < 1.29 is 9.00 Å². The molecule has 0 radical (unpaired) electrons. The number of carbonyl (C=O) groups is 1. The molecule has 2 aromatic carbocycles. The van der Waals surface area contributed by atoms with Crippen LogP contribution in [0.3, 0.4) is 0 Å². The SMILES string of the molecule is CCCn1c(NC(=O)c2cccc(CS(C)=O)c2)nc2ccccc21. The van der Waals surface area contributed by atoms with Crippen LogP contribution in [-0.4, -0.2) is 25.9 Å². The Hall–Kier alpha value is -2.47. The van der Waals surface area contributed by atoms with Gasteiger partial charge < -0.3 is 4.57 Å². The van der Waals surface area contributed by atoms with Gasteiger partial charge in [-0.25, -0.2) is 4.98 Å². The fraction of sp³-hybridized carbons (Fsp3) is 0.263. The zero-order chi connectivity index (χ0) is 17.8. The van der Waals surface area contributed by atoms with Gasteiger partial charge in [0.15, 0.2) is 0 Å². The second-order valence-electron chi connectivity index (χ2n) is 5.95. The van der Waals surface area contributed by atoms with Crippen LogP contribution in [0.1, 0.15) is 29.3 Å². The van der Waals surface area contributed by atoms with E-state index in [2.05, 4.69) is 17.2 Å². The smallest absolute Gasteiger partial charge is 0.257 e. The number of aryl methyl sites for hydroxylation is 1. The van der Waals surface area contributed by atoms with E-state index in [1.807, 2.05) is 41.0 Å². The Morgan fingerprint density at radius 1 is 1.20 bits per heavy atom. The predicted molar refractivity (Wildman–Crippen MR) is 102 cm³/mol. The molecule has 25 heavy (non-hydrogen) atoms. The number of para-hydroxylation sites is 2. The molecule has 1 amide bonds. The van der Waals surface area contributed by atoms with Crippen molar-refractivity contribution in [2.24, 2.45) is 0 Å². The number of rotatable bonds is 6. The molecule has 5 nitrogen and oxygen atoms in total. The van der Waals surface area contributed by atoms with Gasteiger partial charge in [0.2, 0.25) is 5.95 Å². The Morgan fingerprint density at radius 3 is 2.76 bits per heavy atom. The lowest BCUT2D eigenvalue weighted by molar-refractivity contribution is 0.102. The number of hydrogen-bond donors (Lipinski definition) is 1. The van der Waals surface area contributed by atoms with Gasteiger partial charge in [-0.15, -0.1) is 0 Å². The third-order valence-electron chi connectivity index (χ3n) is 3.89. The molecule has 6 heteroatoms. The number of fused-ring (bicyclic) bond motifs is 1. The summed E-state index contributed by atoms with van der Waals surface area (Å²) in [7, 11) is -0.941. The Bertz CT molecular complexity index is 933. The van der Waals surface area contributed by atoms with Gasteiger partial charge >= 0.3 is 0 Å². The molecule has 3 rings (SSSR count). The summed E-state index contributed by atoms with van der Waals surface area (Å²) >= 11 is 0. The Balaban J connectivity index is 1.89. The van der Waals surface area contributed by atoms with Gasteiger partial charge in [0.05, 0.1) is 11.0 Å². The van der Waals surface area contributed by atoms with E-state index in [9.17, 15) is 9.00 Å². The average molecular weight is 355 g/mol. The summed E-state index contributed by atoms with van der Waals surface area (Å²) in [4.78, 5) is 17.2. The van der Waals surface area contributed by atoms with Crippen molar-refractivity contribution in [3.8, 4) is 0 Å². The van der Waals surface area contributed by atoms with Crippen molar-refractivity contribution in [2.75, 3.05) is 11.6 Å². The van der Waals surface area contributed by atoms with Crippen LogP contribution in [0.4, 0.5) is 5.95 Å². The highest BCUT2D eigenvalue weighted by Crippen LogP contribution is 2.20. The molecule has 0 spiro atoms. The van der Waals surface area contributed by atoms with Gasteiger partial charge in [-0.1, -0.05) is 31.2 Å². The number of hydrogen-bond acceptors (Lipinski definition) is 3. The van der Waals surface area contributed by atoms with E-state index in [0.29, 0.717) is 17.3 Å². The number of benzene rings is 2. The van der Waals surface area contributed by atoms with E-state index >= 15 is 0 Å². The summed E-state index contributed by atoms with van der Waals surface area (Å²) in [6.07, 6.45) is 2.60. The van der Waals surface area contributed by atoms with Crippen LogP contribution in [0.2, 0.25) is 0 Å². The Morgan fingerprint density at radius 2 is 2.00 bits per heavy atom. The molecular formula is C19H21N3O2S. The number of imidazole rings is 1. The lowest BCUT2D eigenvalue weighted by Gasteiger charge is -2.09. The molecule has 1 atom stereocenters. The normalized spacial score (nSPS) is 12.2. The van der Waals surface area contributed by atoms with E-state index in [0.717, 1.165) is 29.6 Å². The van der Waals surface area contributed by atoms with E-state index in [4.69, 9.17) is 0 Å². The molecule has 0 bridgehead atoms. The first-order valence-corrected chi connectivity index (χ1v) is 9.96. The Kier molecular flexibility index (Phi) is 5.28. The monoisotopic (exact) mass is 355 g/mol. The third kappa shape index (κ3) is 3.96. The lowest BCUT2D eigenvalue weighted by atomic mass is 10.1. The van der Waals surface area contributed by atoms with Gasteiger partial charge in [0.25, 0.3) is 5.91 Å². The highest BCUT2D eigenvalue weighted by Gasteiger charge is 2.14. The van der Waals surface area contributed by atoms with Crippen molar-refractivity contribution in [1.29, 1.82) is 0 Å². The zero-order valence-corrected chi connectivity index (χ0v) is 15.2. The first-order valence-electron chi connectivity index (χ1n) is 8.24. The topological polar surface area (TPSA) is 64.0 Å². The van der Waals surface area contributed by atoms with Gasteiger partial charge in [0, 0.05) is 34.9 Å². The van der Waals surface area contributed by atoms with Crippen molar-refractivity contribution in [3.05, 3.63) is 59.7 Å². The maximum atomic E-state index is 12.6. The molecule has 0 fully saturated rings. The first kappa shape index (κ1) is 17.4. The molecule has 0 aliphatic rings. The maximum absolute atomic E-state index is 12.6. The predicted octanol–water partition coefficient (Wildman–Crippen LogP) is 3.58. The minimum absolute atomic E-state index is 0.212. The van der Waals surface area contributed by atoms with Crippen LogP contribution in [-0.2, 0) is 23.1 Å². The third-order valence-corrected chi connectivity index (χ3v) is 4.63. The van der Waals surface area contributed by atoms with Crippen molar-refractivity contribution in [3.63, 3.8) is 0 Å². The molecular weight excluding hydrogens is 334 g/mol. The fourth-order valence-corrected chi connectivity index (χ4v) is 3.48. The number of anilines is 1. The largest absolute Gasteiger partial charge is 0.310 e. The molecule has 0 aliphatic carbocycles. The zero-order valence-electron chi connectivity index (χ0n) is 14.4. The lowest BCUT2D eigenvalue weighted by Crippen LogP contribution is -2.16. The molecule has 1 N–H and O–H groups in total. The second-order valence-corrected chi connectivity index (χ2v) is 7.38. The van der Waals surface area contributed by atoms with Crippen LogP contribution >= 0.6 is 0 Å². The summed E-state index contributed by atoms with van der Waals surface area (Å²) in [6.45, 7) is 2.87. The van der Waals surface area contributed by atoms with Gasteiger partial charge in [-0.2, -0.15) is 0 Å². The second kappa shape index (κ2) is 7.61. The van der Waals surface area contributed by atoms with Gasteiger partial charge in [0.1, 0.15) is 0 Å². The molecule has 1 unspecified atom stereocenters. The number of nitrogens with zero attached hydrogens (tertiary/aromatic N) is 2. The highest BCUT2D eigenvalue weighted by molar-refractivity contribution is 7.83. The van der Waals surface area contributed by atoms with Crippen molar-refractivity contribution >= 4 is 33.7 Å². The van der Waals surface area contributed by atoms with Crippen molar-refractivity contribution in [1.82, 2.24) is 9.55 Å². The van der Waals surface area contributed by atoms with E-state index in [1.54, 1.807) is 18.4 Å².